The fourth-order valence-corrected chi connectivity index (χ4v) is 5.31. The molecule has 1 amide bonds. The van der Waals surface area contributed by atoms with E-state index in [1.807, 2.05) is 29.2 Å². The summed E-state index contributed by atoms with van der Waals surface area (Å²) in [5.41, 5.74) is 7.88. The smallest absolute Gasteiger partial charge is 0.276 e. The van der Waals surface area contributed by atoms with Gasteiger partial charge in [0, 0.05) is 19.6 Å². The minimum absolute atomic E-state index is 0.0348. The van der Waals surface area contributed by atoms with E-state index in [1.54, 1.807) is 6.07 Å². The maximum Gasteiger partial charge on any atom is 0.276 e. The lowest BCUT2D eigenvalue weighted by molar-refractivity contribution is -0.124. The molecule has 1 saturated heterocycles. The molecule has 0 saturated carbocycles. The first-order chi connectivity index (χ1) is 12.9. The number of furan rings is 1. The maximum atomic E-state index is 12.6. The fraction of sp³-hybridized carbons (Fsp3) is 0.421. The zero-order valence-electron chi connectivity index (χ0n) is 15.0. The lowest BCUT2D eigenvalue weighted by atomic mass is 9.93. The Balaban J connectivity index is 1.55. The van der Waals surface area contributed by atoms with E-state index in [4.69, 9.17) is 10.2 Å². The highest BCUT2D eigenvalue weighted by Gasteiger charge is 2.32. The molecule has 27 heavy (non-hydrogen) atoms. The Labute approximate surface area is 158 Å². The van der Waals surface area contributed by atoms with E-state index < -0.39 is 16.1 Å². The van der Waals surface area contributed by atoms with Gasteiger partial charge in [0.25, 0.3) is 10.0 Å². The van der Waals surface area contributed by atoms with Gasteiger partial charge in [0.15, 0.2) is 0 Å². The number of nitrogens with two attached hydrogens (primary N) is 1. The molecule has 0 bridgehead atoms. The van der Waals surface area contributed by atoms with Crippen LogP contribution in [0.15, 0.2) is 45.9 Å². The lowest BCUT2D eigenvalue weighted by Crippen LogP contribution is -2.48. The van der Waals surface area contributed by atoms with Crippen LogP contribution in [0.5, 0.6) is 0 Å². The molecule has 0 aliphatic carbocycles. The van der Waals surface area contributed by atoms with Crippen LogP contribution in [-0.4, -0.2) is 42.7 Å². The average Bonchev–Trinajstić information content (AvgIpc) is 3.33. The summed E-state index contributed by atoms with van der Waals surface area (Å²) < 4.78 is 32.4. The van der Waals surface area contributed by atoms with Crippen LogP contribution in [0.2, 0.25) is 0 Å². The molecule has 0 spiro atoms. The monoisotopic (exact) mass is 389 g/mol. The van der Waals surface area contributed by atoms with Gasteiger partial charge in [-0.2, -0.15) is 4.31 Å². The van der Waals surface area contributed by atoms with Gasteiger partial charge >= 0.3 is 0 Å². The van der Waals surface area contributed by atoms with Crippen LogP contribution in [0.25, 0.3) is 0 Å². The van der Waals surface area contributed by atoms with E-state index in [1.165, 1.54) is 10.4 Å². The van der Waals surface area contributed by atoms with Crippen molar-refractivity contribution in [1.29, 1.82) is 0 Å². The maximum absolute atomic E-state index is 12.6. The van der Waals surface area contributed by atoms with Gasteiger partial charge in [-0.05, 0) is 42.5 Å². The second-order valence-electron chi connectivity index (χ2n) is 7.13. The quantitative estimate of drug-likeness (QED) is 0.835. The minimum atomic E-state index is -3.58. The van der Waals surface area contributed by atoms with Crippen LogP contribution >= 0.6 is 0 Å². The first kappa shape index (κ1) is 18.2. The van der Waals surface area contributed by atoms with Crippen molar-refractivity contribution >= 4 is 15.9 Å². The summed E-state index contributed by atoms with van der Waals surface area (Å²) in [5, 5.41) is -0.0348. The van der Waals surface area contributed by atoms with Gasteiger partial charge in [0.2, 0.25) is 11.0 Å². The molecule has 1 unspecified atom stereocenters. The Hall–Kier alpha value is -2.16. The molecule has 1 aromatic heterocycles. The second-order valence-corrected chi connectivity index (χ2v) is 9.00. The number of sulfonamides is 1. The third-order valence-electron chi connectivity index (χ3n) is 5.33. The normalized spacial score (nSPS) is 21.3. The molecular weight excluding hydrogens is 366 g/mol. The first-order valence-corrected chi connectivity index (χ1v) is 10.6. The molecule has 144 valence electrons. The lowest BCUT2D eigenvalue weighted by Gasteiger charge is -2.34. The molecule has 8 heteroatoms. The molecule has 2 aromatic rings. The van der Waals surface area contributed by atoms with Crippen molar-refractivity contribution in [2.75, 3.05) is 13.1 Å². The van der Waals surface area contributed by atoms with Crippen molar-refractivity contribution in [3.05, 3.63) is 53.3 Å². The van der Waals surface area contributed by atoms with Gasteiger partial charge in [-0.3, -0.25) is 9.69 Å². The summed E-state index contributed by atoms with van der Waals surface area (Å²) in [7, 11) is -3.58. The fourth-order valence-electron chi connectivity index (χ4n) is 3.86. The molecule has 3 heterocycles. The Morgan fingerprint density at radius 3 is 2.52 bits per heavy atom. The van der Waals surface area contributed by atoms with Crippen LogP contribution in [0.3, 0.4) is 0 Å². The van der Waals surface area contributed by atoms with Gasteiger partial charge in [0.05, 0.1) is 12.6 Å². The van der Waals surface area contributed by atoms with Gasteiger partial charge in [-0.15, -0.1) is 0 Å². The van der Waals surface area contributed by atoms with E-state index in [-0.39, 0.29) is 11.0 Å². The van der Waals surface area contributed by atoms with Crippen LogP contribution in [-0.2, 0) is 34.3 Å². The molecule has 1 aromatic carbocycles. The molecular formula is C19H23N3O4S. The number of fused-ring (bicyclic) bond motifs is 1. The van der Waals surface area contributed by atoms with Crippen LogP contribution in [0, 0.1) is 0 Å². The van der Waals surface area contributed by atoms with Crippen molar-refractivity contribution in [3.63, 3.8) is 0 Å². The Morgan fingerprint density at radius 1 is 1.11 bits per heavy atom. The Morgan fingerprint density at radius 2 is 1.81 bits per heavy atom. The van der Waals surface area contributed by atoms with E-state index in [0.717, 1.165) is 24.0 Å². The molecule has 2 N–H and O–H groups in total. The number of nitrogens with zero attached hydrogens (tertiary/aromatic N) is 2. The van der Waals surface area contributed by atoms with Crippen molar-refractivity contribution in [3.8, 4) is 0 Å². The highest BCUT2D eigenvalue weighted by molar-refractivity contribution is 7.89. The van der Waals surface area contributed by atoms with E-state index in [2.05, 4.69) is 0 Å². The number of amides is 1. The zero-order valence-corrected chi connectivity index (χ0v) is 15.8. The molecule has 0 radical (unpaired) electrons. The van der Waals surface area contributed by atoms with Crippen LogP contribution < -0.4 is 5.73 Å². The number of primary amides is 1. The Bertz CT molecular complexity index is 947. The second kappa shape index (κ2) is 7.10. The number of hydrogen-bond acceptors (Lipinski definition) is 5. The van der Waals surface area contributed by atoms with Crippen molar-refractivity contribution in [2.24, 2.45) is 5.73 Å². The van der Waals surface area contributed by atoms with E-state index >= 15 is 0 Å². The summed E-state index contributed by atoms with van der Waals surface area (Å²) in [6.45, 7) is 1.96. The topological polar surface area (TPSA) is 96.8 Å². The van der Waals surface area contributed by atoms with Crippen LogP contribution in [0.4, 0.5) is 0 Å². The van der Waals surface area contributed by atoms with Gasteiger partial charge in [-0.25, -0.2) is 8.42 Å². The molecule has 1 atom stereocenters. The first-order valence-electron chi connectivity index (χ1n) is 9.14. The minimum Gasteiger partial charge on any atom is -0.447 e. The molecule has 1 fully saturated rings. The average molecular weight is 389 g/mol. The summed E-state index contributed by atoms with van der Waals surface area (Å²) in [6.07, 6.45) is 2.30. The van der Waals surface area contributed by atoms with E-state index in [9.17, 15) is 13.2 Å². The highest BCUT2D eigenvalue weighted by atomic mass is 32.2. The summed E-state index contributed by atoms with van der Waals surface area (Å²) in [5.74, 6) is 0.124. The third-order valence-corrected chi connectivity index (χ3v) is 7.10. The molecule has 2 aliphatic rings. The number of benzene rings is 1. The summed E-state index contributed by atoms with van der Waals surface area (Å²) in [4.78, 5) is 13.9. The van der Waals surface area contributed by atoms with Gasteiger partial charge in [-0.1, -0.05) is 24.3 Å². The number of carbonyl (C=O) groups excluding carboxylic acids is 1. The number of hydrogen-bond donors (Lipinski definition) is 1. The van der Waals surface area contributed by atoms with Crippen molar-refractivity contribution in [1.82, 2.24) is 9.21 Å². The highest BCUT2D eigenvalue weighted by Crippen LogP contribution is 2.27. The third kappa shape index (κ3) is 3.52. The molecule has 2 aliphatic heterocycles. The summed E-state index contributed by atoms with van der Waals surface area (Å²) in [6, 6.07) is 10.7. The van der Waals surface area contributed by atoms with Gasteiger partial charge in [0.1, 0.15) is 5.76 Å². The van der Waals surface area contributed by atoms with Crippen molar-refractivity contribution < 1.29 is 17.6 Å². The van der Waals surface area contributed by atoms with E-state index in [0.29, 0.717) is 38.4 Å². The SMILES string of the molecule is NC(=O)C1Cc2ccccc2CN1Cc1ccc(S(=O)(=O)N2CCCC2)o1. The Kier molecular flexibility index (Phi) is 4.79. The number of carbonyl (C=O) groups is 1. The molecule has 4 rings (SSSR count). The predicted octanol–water partition coefficient (Wildman–Crippen LogP) is 1.48. The number of rotatable bonds is 5. The van der Waals surface area contributed by atoms with Crippen molar-refractivity contribution in [2.45, 2.75) is 43.5 Å². The zero-order chi connectivity index (χ0) is 19.0. The standard InChI is InChI=1S/C19H23N3O4S/c20-19(23)17-11-14-5-1-2-6-15(14)12-21(17)13-16-7-8-18(26-16)27(24,25)22-9-3-4-10-22/h1-2,5-8,17H,3-4,9-13H2,(H2,20,23). The molecule has 7 nitrogen and oxygen atoms in total. The van der Waals surface area contributed by atoms with Crippen LogP contribution in [0.1, 0.15) is 29.7 Å². The van der Waals surface area contributed by atoms with Gasteiger partial charge < -0.3 is 10.2 Å². The predicted molar refractivity (Wildman–Crippen MR) is 99.1 cm³/mol. The largest absolute Gasteiger partial charge is 0.447 e. The summed E-state index contributed by atoms with van der Waals surface area (Å²) >= 11 is 0.